The third kappa shape index (κ3) is 5.40. The smallest absolute Gasteiger partial charge is 0.215 e. The van der Waals surface area contributed by atoms with Crippen molar-refractivity contribution in [1.82, 2.24) is 19.2 Å². The maximum Gasteiger partial charge on any atom is 0.215 e. The SMILES string of the molecule is CCn1ccnc1CN1CCC[C@@H](CNS(=O)(=O)Cc2ccccc2)C1. The Morgan fingerprint density at radius 1 is 1.27 bits per heavy atom. The number of benzene rings is 1. The molecular weight excluding hydrogens is 348 g/mol. The van der Waals surface area contributed by atoms with Crippen molar-refractivity contribution < 1.29 is 8.42 Å². The van der Waals surface area contributed by atoms with E-state index in [4.69, 9.17) is 0 Å². The van der Waals surface area contributed by atoms with E-state index in [2.05, 4.69) is 26.1 Å². The second-order valence-corrected chi connectivity index (χ2v) is 8.77. The van der Waals surface area contributed by atoms with E-state index in [0.29, 0.717) is 12.5 Å². The lowest BCUT2D eigenvalue weighted by molar-refractivity contribution is 0.163. The van der Waals surface area contributed by atoms with Crippen LogP contribution in [0.2, 0.25) is 0 Å². The first-order valence-electron chi connectivity index (χ1n) is 9.29. The van der Waals surface area contributed by atoms with Gasteiger partial charge in [0.2, 0.25) is 10.0 Å². The van der Waals surface area contributed by atoms with Crippen molar-refractivity contribution in [2.75, 3.05) is 19.6 Å². The maximum absolute atomic E-state index is 12.3. The van der Waals surface area contributed by atoms with Crippen LogP contribution in [0.5, 0.6) is 0 Å². The molecule has 1 aromatic carbocycles. The molecule has 1 aliphatic heterocycles. The van der Waals surface area contributed by atoms with Gasteiger partial charge in [0.1, 0.15) is 5.82 Å². The van der Waals surface area contributed by atoms with E-state index < -0.39 is 10.0 Å². The number of nitrogens with zero attached hydrogens (tertiary/aromatic N) is 3. The number of hydrogen-bond acceptors (Lipinski definition) is 4. The number of aromatic nitrogens is 2. The van der Waals surface area contributed by atoms with E-state index in [1.807, 2.05) is 42.7 Å². The summed E-state index contributed by atoms with van der Waals surface area (Å²) in [5.41, 5.74) is 0.816. The van der Waals surface area contributed by atoms with E-state index in [9.17, 15) is 8.42 Å². The summed E-state index contributed by atoms with van der Waals surface area (Å²) in [4.78, 5) is 6.83. The molecule has 1 saturated heterocycles. The molecule has 1 N–H and O–H groups in total. The van der Waals surface area contributed by atoms with Crippen LogP contribution in [-0.2, 0) is 28.9 Å². The van der Waals surface area contributed by atoms with Crippen molar-refractivity contribution in [3.8, 4) is 0 Å². The predicted molar refractivity (Wildman–Crippen MR) is 103 cm³/mol. The van der Waals surface area contributed by atoms with Gasteiger partial charge in [0.25, 0.3) is 0 Å². The summed E-state index contributed by atoms with van der Waals surface area (Å²) in [5.74, 6) is 1.47. The number of nitrogens with one attached hydrogen (secondary N) is 1. The molecule has 142 valence electrons. The van der Waals surface area contributed by atoms with Crippen LogP contribution < -0.4 is 4.72 Å². The molecule has 0 saturated carbocycles. The highest BCUT2D eigenvalue weighted by Crippen LogP contribution is 2.18. The Morgan fingerprint density at radius 2 is 2.08 bits per heavy atom. The molecule has 7 heteroatoms. The Morgan fingerprint density at radius 3 is 2.85 bits per heavy atom. The molecule has 1 atom stereocenters. The van der Waals surface area contributed by atoms with Gasteiger partial charge in [0.15, 0.2) is 0 Å². The predicted octanol–water partition coefficient (Wildman–Crippen LogP) is 2.23. The van der Waals surface area contributed by atoms with Gasteiger partial charge < -0.3 is 4.57 Å². The molecule has 2 heterocycles. The molecule has 2 aromatic rings. The number of aryl methyl sites for hydroxylation is 1. The molecule has 26 heavy (non-hydrogen) atoms. The van der Waals surface area contributed by atoms with Crippen LogP contribution in [0.4, 0.5) is 0 Å². The van der Waals surface area contributed by atoms with Gasteiger partial charge in [-0.1, -0.05) is 30.3 Å². The van der Waals surface area contributed by atoms with Gasteiger partial charge in [-0.25, -0.2) is 18.1 Å². The van der Waals surface area contributed by atoms with Crippen LogP contribution in [0.25, 0.3) is 0 Å². The van der Waals surface area contributed by atoms with Crippen LogP contribution in [0.15, 0.2) is 42.7 Å². The lowest BCUT2D eigenvalue weighted by atomic mass is 9.98. The first-order valence-corrected chi connectivity index (χ1v) is 10.9. The summed E-state index contributed by atoms with van der Waals surface area (Å²) >= 11 is 0. The van der Waals surface area contributed by atoms with E-state index in [-0.39, 0.29) is 5.75 Å². The molecular formula is C19H28N4O2S. The first-order chi connectivity index (χ1) is 12.6. The minimum absolute atomic E-state index is 0.0399. The van der Waals surface area contributed by atoms with Crippen LogP contribution in [0, 0.1) is 5.92 Å². The second-order valence-electron chi connectivity index (χ2n) is 6.97. The molecule has 6 nitrogen and oxygen atoms in total. The highest BCUT2D eigenvalue weighted by molar-refractivity contribution is 7.88. The molecule has 0 amide bonds. The van der Waals surface area contributed by atoms with Crippen molar-refractivity contribution in [2.24, 2.45) is 5.92 Å². The Balaban J connectivity index is 1.50. The van der Waals surface area contributed by atoms with Crippen LogP contribution in [-0.4, -0.2) is 42.5 Å². The number of imidazole rings is 1. The van der Waals surface area contributed by atoms with Gasteiger partial charge in [-0.15, -0.1) is 0 Å². The quantitative estimate of drug-likeness (QED) is 0.767. The van der Waals surface area contributed by atoms with Gasteiger partial charge in [0.05, 0.1) is 12.3 Å². The summed E-state index contributed by atoms with van der Waals surface area (Å²) in [6.45, 7) is 6.33. The second kappa shape index (κ2) is 8.79. The monoisotopic (exact) mass is 376 g/mol. The van der Waals surface area contributed by atoms with Gasteiger partial charge in [0, 0.05) is 32.0 Å². The van der Waals surface area contributed by atoms with E-state index in [1.54, 1.807) is 0 Å². The average molecular weight is 377 g/mol. The van der Waals surface area contributed by atoms with Gasteiger partial charge in [-0.3, -0.25) is 4.90 Å². The van der Waals surface area contributed by atoms with Crippen molar-refractivity contribution in [3.05, 3.63) is 54.1 Å². The lowest BCUT2D eigenvalue weighted by Crippen LogP contribution is -2.41. The Bertz CT molecular complexity index is 789. The summed E-state index contributed by atoms with van der Waals surface area (Å²) < 4.78 is 29.6. The molecule has 1 fully saturated rings. The fourth-order valence-corrected chi connectivity index (χ4v) is 4.75. The van der Waals surface area contributed by atoms with E-state index in [1.165, 1.54) is 0 Å². The van der Waals surface area contributed by atoms with Crippen molar-refractivity contribution in [3.63, 3.8) is 0 Å². The highest BCUT2D eigenvalue weighted by Gasteiger charge is 2.23. The molecule has 0 bridgehead atoms. The van der Waals surface area contributed by atoms with Gasteiger partial charge >= 0.3 is 0 Å². The normalized spacial score (nSPS) is 18.9. The highest BCUT2D eigenvalue weighted by atomic mass is 32.2. The number of likely N-dealkylation sites (tertiary alicyclic amines) is 1. The lowest BCUT2D eigenvalue weighted by Gasteiger charge is -2.32. The molecule has 0 spiro atoms. The van der Waals surface area contributed by atoms with Crippen molar-refractivity contribution in [2.45, 2.75) is 38.6 Å². The van der Waals surface area contributed by atoms with Crippen LogP contribution >= 0.6 is 0 Å². The number of sulfonamides is 1. The summed E-state index contributed by atoms with van der Waals surface area (Å²) in [5, 5.41) is 0. The Hall–Kier alpha value is -1.70. The zero-order valence-corrected chi connectivity index (χ0v) is 16.2. The van der Waals surface area contributed by atoms with Crippen LogP contribution in [0.1, 0.15) is 31.2 Å². The largest absolute Gasteiger partial charge is 0.334 e. The van der Waals surface area contributed by atoms with Gasteiger partial charge in [-0.05, 0) is 37.8 Å². The molecule has 1 aromatic heterocycles. The molecule has 3 rings (SSSR count). The van der Waals surface area contributed by atoms with Crippen LogP contribution in [0.3, 0.4) is 0 Å². The fourth-order valence-electron chi connectivity index (χ4n) is 3.53. The minimum Gasteiger partial charge on any atom is -0.334 e. The van der Waals surface area contributed by atoms with E-state index >= 15 is 0 Å². The standard InChI is InChI=1S/C19H28N4O2S/c1-2-23-12-10-20-19(23)15-22-11-6-9-18(14-22)13-21-26(24,25)16-17-7-4-3-5-8-17/h3-5,7-8,10,12,18,21H,2,6,9,11,13-16H2,1H3/t18-/m0/s1. The Kier molecular flexibility index (Phi) is 6.45. The summed E-state index contributed by atoms with van der Waals surface area (Å²) in [6.07, 6.45) is 6.01. The first kappa shape index (κ1) is 19.1. The van der Waals surface area contributed by atoms with Gasteiger partial charge in [-0.2, -0.15) is 0 Å². The number of rotatable bonds is 8. The van der Waals surface area contributed by atoms with E-state index in [0.717, 1.165) is 50.4 Å². The minimum atomic E-state index is -3.30. The maximum atomic E-state index is 12.3. The summed E-state index contributed by atoms with van der Waals surface area (Å²) in [7, 11) is -3.30. The number of piperidine rings is 1. The fraction of sp³-hybridized carbons (Fsp3) is 0.526. The van der Waals surface area contributed by atoms with Crippen molar-refractivity contribution in [1.29, 1.82) is 0 Å². The number of hydrogen-bond donors (Lipinski definition) is 1. The third-order valence-electron chi connectivity index (χ3n) is 4.90. The topological polar surface area (TPSA) is 67.2 Å². The molecule has 0 aliphatic carbocycles. The molecule has 0 radical (unpaired) electrons. The summed E-state index contributed by atoms with van der Waals surface area (Å²) in [6, 6.07) is 9.31. The molecule has 1 aliphatic rings. The zero-order chi connectivity index (χ0) is 18.4. The Labute approximate surface area is 156 Å². The molecule has 0 unspecified atom stereocenters. The third-order valence-corrected chi connectivity index (χ3v) is 6.22. The zero-order valence-electron chi connectivity index (χ0n) is 15.3. The van der Waals surface area contributed by atoms with Crippen molar-refractivity contribution >= 4 is 10.0 Å². The average Bonchev–Trinajstić information content (AvgIpc) is 3.08.